The molecule has 0 saturated carbocycles. The van der Waals surface area contributed by atoms with Gasteiger partial charge in [-0.3, -0.25) is 19.3 Å². The van der Waals surface area contributed by atoms with Gasteiger partial charge in [-0.2, -0.15) is 0 Å². The summed E-state index contributed by atoms with van der Waals surface area (Å²) in [7, 11) is -2.12. The number of anilines is 1. The molecule has 0 aromatic carbocycles. The van der Waals surface area contributed by atoms with Crippen LogP contribution in [0.2, 0.25) is 0 Å². The maximum absolute atomic E-state index is 12.8. The molecule has 3 rings (SSSR count). The van der Waals surface area contributed by atoms with Crippen LogP contribution >= 0.6 is 35.7 Å². The van der Waals surface area contributed by atoms with Crippen LogP contribution in [0.3, 0.4) is 0 Å². The molecule has 0 radical (unpaired) electrons. The van der Waals surface area contributed by atoms with Gasteiger partial charge < -0.3 is 15.9 Å². The molecule has 2 amide bonds. The van der Waals surface area contributed by atoms with E-state index < -0.39 is 38.4 Å². The monoisotopic (exact) mass is 520 g/mol. The van der Waals surface area contributed by atoms with Crippen LogP contribution in [0, 0.1) is 0 Å². The lowest BCUT2D eigenvalue weighted by Crippen LogP contribution is -2.70. The average molecular weight is 521 g/mol. The molecule has 2 aliphatic heterocycles. The molecule has 1 aromatic heterocycles. The lowest BCUT2D eigenvalue weighted by molar-refractivity contribution is -0.146. The van der Waals surface area contributed by atoms with E-state index in [-0.39, 0.29) is 35.2 Å². The van der Waals surface area contributed by atoms with Crippen molar-refractivity contribution in [1.29, 1.82) is 0 Å². The third-order valence-electron chi connectivity index (χ3n) is 4.49. The number of carbonyl (C=O) groups is 3. The van der Waals surface area contributed by atoms with Crippen LogP contribution in [0.4, 0.5) is 5.13 Å². The smallest absolute Gasteiger partial charge is 0.276 e. The van der Waals surface area contributed by atoms with Crippen LogP contribution in [-0.4, -0.2) is 78.0 Å². The predicted octanol–water partition coefficient (Wildman–Crippen LogP) is -0.874. The Labute approximate surface area is 197 Å². The Balaban J connectivity index is 1.74. The quantitative estimate of drug-likeness (QED) is 0.140. The molecule has 1 saturated heterocycles. The highest BCUT2D eigenvalue weighted by Crippen LogP contribution is 2.41. The van der Waals surface area contributed by atoms with Gasteiger partial charge in [0, 0.05) is 17.7 Å². The summed E-state index contributed by atoms with van der Waals surface area (Å²) in [5, 5.41) is 6.94. The summed E-state index contributed by atoms with van der Waals surface area (Å²) in [6.45, 7) is 0.0831. The number of thioether (sulfide) groups is 1. The Morgan fingerprint density at radius 1 is 1.47 bits per heavy atom. The Morgan fingerprint density at radius 2 is 2.19 bits per heavy atom. The summed E-state index contributed by atoms with van der Waals surface area (Å²) in [4.78, 5) is 47.7. The van der Waals surface area contributed by atoms with Crippen LogP contribution in [0.5, 0.6) is 0 Å². The van der Waals surface area contributed by atoms with Crippen molar-refractivity contribution in [2.75, 3.05) is 31.4 Å². The van der Waals surface area contributed by atoms with Gasteiger partial charge in [-0.05, 0) is 12.0 Å². The highest BCUT2D eigenvalue weighted by molar-refractivity contribution is 8.00. The van der Waals surface area contributed by atoms with Gasteiger partial charge in [0.2, 0.25) is 15.1 Å². The highest BCUT2D eigenvalue weighted by atomic mass is 32.2. The number of thiazole rings is 1. The van der Waals surface area contributed by atoms with Crippen LogP contribution in [0.1, 0.15) is 12.1 Å². The van der Waals surface area contributed by atoms with Crippen molar-refractivity contribution < 1.29 is 27.6 Å². The topological polar surface area (TPSA) is 173 Å². The number of aromatic nitrogens is 1. The van der Waals surface area contributed by atoms with Gasteiger partial charge in [0.15, 0.2) is 10.8 Å². The number of nitrogen functional groups attached to an aromatic ring is 1. The summed E-state index contributed by atoms with van der Waals surface area (Å²) < 4.78 is 24.9. The third-order valence-corrected chi connectivity index (χ3v) is 7.44. The van der Waals surface area contributed by atoms with Crippen molar-refractivity contribution in [1.82, 2.24) is 19.9 Å². The first kappa shape index (κ1) is 24.5. The van der Waals surface area contributed by atoms with Crippen LogP contribution in [0.25, 0.3) is 0 Å². The number of thiol groups is 1. The number of amides is 2. The molecule has 32 heavy (non-hydrogen) atoms. The molecular formula is C16H20N6O6S4. The number of nitrogens with two attached hydrogens (primary N) is 1. The Hall–Kier alpha value is -2.14. The minimum absolute atomic E-state index is 0.0831. The number of rotatable bonds is 9. The van der Waals surface area contributed by atoms with Crippen molar-refractivity contribution in [2.45, 2.75) is 17.8 Å². The largest absolute Gasteiger partial charge is 0.398 e. The van der Waals surface area contributed by atoms with Crippen molar-refractivity contribution in [2.24, 2.45) is 5.16 Å². The fourth-order valence-corrected chi connectivity index (χ4v) is 5.84. The molecule has 3 heterocycles. The van der Waals surface area contributed by atoms with E-state index in [0.717, 1.165) is 17.6 Å². The van der Waals surface area contributed by atoms with Crippen molar-refractivity contribution in [3.05, 3.63) is 22.3 Å². The summed E-state index contributed by atoms with van der Waals surface area (Å²) in [6.07, 6.45) is 1.27. The third kappa shape index (κ3) is 5.25. The zero-order valence-electron chi connectivity index (χ0n) is 16.9. The van der Waals surface area contributed by atoms with E-state index in [0.29, 0.717) is 11.3 Å². The van der Waals surface area contributed by atoms with Crippen molar-refractivity contribution in [3.8, 4) is 0 Å². The molecule has 16 heteroatoms. The molecule has 4 N–H and O–H groups in total. The molecule has 1 aromatic rings. The Bertz CT molecular complexity index is 1110. The lowest BCUT2D eigenvalue weighted by atomic mass is 10.0. The molecule has 1 fully saturated rings. The lowest BCUT2D eigenvalue weighted by Gasteiger charge is -2.49. The van der Waals surface area contributed by atoms with E-state index in [1.807, 2.05) is 0 Å². The van der Waals surface area contributed by atoms with Crippen LogP contribution in [0.15, 0.2) is 21.8 Å². The molecule has 12 nitrogen and oxygen atoms in total. The fraction of sp³-hybridized carbons (Fsp3) is 0.438. The van der Waals surface area contributed by atoms with E-state index in [1.165, 1.54) is 29.2 Å². The number of nitrogens with zero attached hydrogens (tertiary/aromatic N) is 3. The molecule has 1 unspecified atom stereocenters. The second-order valence-corrected chi connectivity index (χ2v) is 11.0. The standard InChI is InChI=1S/C16H20N6O6S4/c1-28-21-9(8-6-31-16(17)19-8)12(23)20-10-13(24)22-11(15(25)29)7(5-30-14(10)22)3-4-18-32(2,26)27/h6,10,14,18H,3-5H2,1-2H3,(H2,17,19)(H,20,23)(H,25,29)/b21-9-/t10?,14-/m1/s1. The molecule has 0 aliphatic carbocycles. The number of β-lactam (4-membered cyclic amide) rings is 1. The summed E-state index contributed by atoms with van der Waals surface area (Å²) >= 11 is 6.35. The Kier molecular flexibility index (Phi) is 7.49. The van der Waals surface area contributed by atoms with Crippen LogP contribution < -0.4 is 15.8 Å². The van der Waals surface area contributed by atoms with Gasteiger partial charge in [-0.1, -0.05) is 17.8 Å². The van der Waals surface area contributed by atoms with Gasteiger partial charge in [-0.15, -0.1) is 23.1 Å². The van der Waals surface area contributed by atoms with Gasteiger partial charge >= 0.3 is 0 Å². The van der Waals surface area contributed by atoms with Crippen LogP contribution in [-0.2, 0) is 29.2 Å². The van der Waals surface area contributed by atoms with Crippen molar-refractivity contribution >= 4 is 73.5 Å². The first-order chi connectivity index (χ1) is 15.0. The fourth-order valence-electron chi connectivity index (χ4n) is 3.16. The molecule has 0 bridgehead atoms. The summed E-state index contributed by atoms with van der Waals surface area (Å²) in [6, 6.07) is -0.899. The number of hydrogen-bond acceptors (Lipinski definition) is 11. The number of nitrogens with one attached hydrogen (secondary N) is 2. The van der Waals surface area contributed by atoms with Gasteiger partial charge in [0.1, 0.15) is 24.2 Å². The van der Waals surface area contributed by atoms with E-state index in [4.69, 9.17) is 10.6 Å². The molecule has 0 spiro atoms. The minimum Gasteiger partial charge on any atom is -0.398 e. The Morgan fingerprint density at radius 3 is 2.75 bits per heavy atom. The first-order valence-electron chi connectivity index (χ1n) is 9.01. The normalized spacial score (nSPS) is 21.2. The van der Waals surface area contributed by atoms with Crippen molar-refractivity contribution in [3.63, 3.8) is 0 Å². The second-order valence-electron chi connectivity index (χ2n) is 6.73. The molecular weight excluding hydrogens is 500 g/mol. The number of hydrogen-bond donors (Lipinski definition) is 4. The highest BCUT2D eigenvalue weighted by Gasteiger charge is 2.53. The van der Waals surface area contributed by atoms with Gasteiger partial charge in [0.05, 0.1) is 12.0 Å². The van der Waals surface area contributed by atoms with E-state index >= 15 is 0 Å². The van der Waals surface area contributed by atoms with E-state index in [2.05, 4.69) is 32.8 Å². The second kappa shape index (κ2) is 9.78. The zero-order chi connectivity index (χ0) is 23.6. The summed E-state index contributed by atoms with van der Waals surface area (Å²) in [5.74, 6) is -0.798. The molecule has 174 valence electrons. The van der Waals surface area contributed by atoms with Gasteiger partial charge in [0.25, 0.3) is 11.8 Å². The predicted molar refractivity (Wildman–Crippen MR) is 124 cm³/mol. The molecule has 2 aliphatic rings. The number of fused-ring (bicyclic) bond motifs is 1. The number of sulfonamides is 1. The SMILES string of the molecule is CO/N=C(\C(=O)NC1C(=O)N2C(C(=O)S)=C(CCNS(C)(=O)=O)CS[C@H]12)c1csc(N)n1. The van der Waals surface area contributed by atoms with E-state index in [1.54, 1.807) is 0 Å². The number of carbonyl (C=O) groups excluding carboxylic acids is 3. The van der Waals surface area contributed by atoms with E-state index in [9.17, 15) is 22.8 Å². The first-order valence-corrected chi connectivity index (χ1v) is 13.3. The minimum atomic E-state index is -3.39. The zero-order valence-corrected chi connectivity index (χ0v) is 20.2. The molecule has 2 atom stereocenters. The maximum Gasteiger partial charge on any atom is 0.276 e. The average Bonchev–Trinajstić information content (AvgIpc) is 3.14. The maximum atomic E-state index is 12.8. The summed E-state index contributed by atoms with van der Waals surface area (Å²) in [5.41, 5.74) is 6.39. The number of oxime groups is 1. The van der Waals surface area contributed by atoms with Gasteiger partial charge in [-0.25, -0.2) is 18.1 Å².